The molecule has 18 heavy (non-hydrogen) atoms. The second kappa shape index (κ2) is 6.06. The van der Waals surface area contributed by atoms with E-state index in [4.69, 9.17) is 5.73 Å². The Morgan fingerprint density at radius 2 is 2.28 bits per heavy atom. The molecule has 98 valence electrons. The Kier molecular flexibility index (Phi) is 4.73. The van der Waals surface area contributed by atoms with Crippen LogP contribution in [0.5, 0.6) is 0 Å². The van der Waals surface area contributed by atoms with Gasteiger partial charge in [0.25, 0.3) is 11.6 Å². The standard InChI is InChI=1S/C11H14FN3O3/c1-2-7(6-13)14-11(16)9-4-3-8(15(17)18)5-10(9)12/h3-5,7H,2,6,13H2,1H3,(H,14,16). The van der Waals surface area contributed by atoms with E-state index in [2.05, 4.69) is 5.32 Å². The molecular formula is C11H14FN3O3. The number of nitrogens with zero attached hydrogens (tertiary/aromatic N) is 1. The molecule has 0 aliphatic carbocycles. The molecule has 0 saturated heterocycles. The summed E-state index contributed by atoms with van der Waals surface area (Å²) in [5.41, 5.74) is 4.79. The van der Waals surface area contributed by atoms with Crippen molar-refractivity contribution in [2.45, 2.75) is 19.4 Å². The van der Waals surface area contributed by atoms with Crippen molar-refractivity contribution in [3.8, 4) is 0 Å². The average Bonchev–Trinajstić information content (AvgIpc) is 2.35. The minimum atomic E-state index is -0.923. The van der Waals surface area contributed by atoms with Crippen molar-refractivity contribution in [3.63, 3.8) is 0 Å². The lowest BCUT2D eigenvalue weighted by molar-refractivity contribution is -0.385. The van der Waals surface area contributed by atoms with Crippen LogP contribution in [0.1, 0.15) is 23.7 Å². The number of halogens is 1. The fraction of sp³-hybridized carbons (Fsp3) is 0.364. The highest BCUT2D eigenvalue weighted by Gasteiger charge is 2.17. The molecule has 0 aromatic heterocycles. The Bertz CT molecular complexity index is 461. The summed E-state index contributed by atoms with van der Waals surface area (Å²) >= 11 is 0. The fourth-order valence-electron chi connectivity index (χ4n) is 1.39. The summed E-state index contributed by atoms with van der Waals surface area (Å²) in [6, 6.07) is 2.65. The molecule has 1 aromatic carbocycles. The molecule has 6 nitrogen and oxygen atoms in total. The molecule has 1 rings (SSSR count). The van der Waals surface area contributed by atoms with Crippen molar-refractivity contribution in [2.24, 2.45) is 5.73 Å². The lowest BCUT2D eigenvalue weighted by Gasteiger charge is -2.14. The van der Waals surface area contributed by atoms with E-state index in [9.17, 15) is 19.3 Å². The van der Waals surface area contributed by atoms with E-state index in [0.29, 0.717) is 6.42 Å². The third-order valence-corrected chi connectivity index (χ3v) is 2.52. The second-order valence-corrected chi connectivity index (χ2v) is 3.74. The smallest absolute Gasteiger partial charge is 0.272 e. The lowest BCUT2D eigenvalue weighted by Crippen LogP contribution is -2.39. The zero-order valence-corrected chi connectivity index (χ0v) is 9.85. The van der Waals surface area contributed by atoms with Crippen LogP contribution in [0.2, 0.25) is 0 Å². The summed E-state index contributed by atoms with van der Waals surface area (Å²) in [5.74, 6) is -1.55. The molecule has 0 spiro atoms. The van der Waals surface area contributed by atoms with Gasteiger partial charge in [-0.15, -0.1) is 0 Å². The van der Waals surface area contributed by atoms with Gasteiger partial charge in [-0.1, -0.05) is 6.92 Å². The highest BCUT2D eigenvalue weighted by molar-refractivity contribution is 5.94. The molecule has 0 saturated carbocycles. The van der Waals surface area contributed by atoms with Gasteiger partial charge in [0, 0.05) is 18.7 Å². The Morgan fingerprint density at radius 3 is 2.72 bits per heavy atom. The first kappa shape index (κ1) is 14.0. The first-order valence-corrected chi connectivity index (χ1v) is 5.44. The number of carbonyl (C=O) groups is 1. The van der Waals surface area contributed by atoms with Gasteiger partial charge in [0.1, 0.15) is 5.82 Å². The number of non-ortho nitro benzene ring substituents is 1. The number of nitro groups is 1. The van der Waals surface area contributed by atoms with Crippen LogP contribution in [0.3, 0.4) is 0 Å². The molecule has 1 atom stereocenters. The summed E-state index contributed by atoms with van der Waals surface area (Å²) in [7, 11) is 0. The number of benzene rings is 1. The molecule has 0 aliphatic heterocycles. The molecule has 0 aliphatic rings. The maximum Gasteiger partial charge on any atom is 0.272 e. The van der Waals surface area contributed by atoms with Crippen LogP contribution in [0, 0.1) is 15.9 Å². The summed E-state index contributed by atoms with van der Waals surface area (Å²) in [4.78, 5) is 21.4. The Balaban J connectivity index is 2.90. The van der Waals surface area contributed by atoms with E-state index in [1.165, 1.54) is 0 Å². The van der Waals surface area contributed by atoms with Gasteiger partial charge in [-0.25, -0.2) is 4.39 Å². The third-order valence-electron chi connectivity index (χ3n) is 2.52. The van der Waals surface area contributed by atoms with E-state index < -0.39 is 22.3 Å². The van der Waals surface area contributed by atoms with E-state index >= 15 is 0 Å². The average molecular weight is 255 g/mol. The van der Waals surface area contributed by atoms with Crippen molar-refractivity contribution in [1.82, 2.24) is 5.32 Å². The minimum Gasteiger partial charge on any atom is -0.348 e. The van der Waals surface area contributed by atoms with Crippen LogP contribution in [-0.4, -0.2) is 23.4 Å². The molecule has 0 bridgehead atoms. The highest BCUT2D eigenvalue weighted by atomic mass is 19.1. The van der Waals surface area contributed by atoms with Crippen LogP contribution in [0.15, 0.2) is 18.2 Å². The quantitative estimate of drug-likeness (QED) is 0.610. The minimum absolute atomic E-state index is 0.229. The van der Waals surface area contributed by atoms with Gasteiger partial charge in [0.2, 0.25) is 0 Å². The summed E-state index contributed by atoms with van der Waals surface area (Å²) in [6.07, 6.45) is 0.622. The molecular weight excluding hydrogens is 241 g/mol. The monoisotopic (exact) mass is 255 g/mol. The van der Waals surface area contributed by atoms with Gasteiger partial charge < -0.3 is 11.1 Å². The van der Waals surface area contributed by atoms with Crippen LogP contribution >= 0.6 is 0 Å². The molecule has 1 amide bonds. The molecule has 0 fully saturated rings. The van der Waals surface area contributed by atoms with E-state index in [1.807, 2.05) is 6.92 Å². The topological polar surface area (TPSA) is 98.3 Å². The van der Waals surface area contributed by atoms with Crippen LogP contribution in [-0.2, 0) is 0 Å². The summed E-state index contributed by atoms with van der Waals surface area (Å²) in [5, 5.41) is 13.0. The predicted molar refractivity (Wildman–Crippen MR) is 63.7 cm³/mol. The summed E-state index contributed by atoms with van der Waals surface area (Å²) in [6.45, 7) is 2.08. The zero-order valence-electron chi connectivity index (χ0n) is 9.85. The van der Waals surface area contributed by atoms with Gasteiger partial charge in [0.15, 0.2) is 0 Å². The number of hydrogen-bond acceptors (Lipinski definition) is 4. The van der Waals surface area contributed by atoms with Crippen molar-refractivity contribution in [1.29, 1.82) is 0 Å². The van der Waals surface area contributed by atoms with E-state index in [1.54, 1.807) is 0 Å². The maximum atomic E-state index is 13.5. The number of amides is 1. The summed E-state index contributed by atoms with van der Waals surface area (Å²) < 4.78 is 13.5. The zero-order chi connectivity index (χ0) is 13.7. The van der Waals surface area contributed by atoms with Crippen LogP contribution in [0.4, 0.5) is 10.1 Å². The first-order valence-electron chi connectivity index (χ1n) is 5.44. The van der Waals surface area contributed by atoms with Crippen molar-refractivity contribution >= 4 is 11.6 Å². The number of rotatable bonds is 5. The maximum absolute atomic E-state index is 13.5. The number of nitro benzene ring substituents is 1. The van der Waals surface area contributed by atoms with Crippen molar-refractivity contribution < 1.29 is 14.1 Å². The fourth-order valence-corrected chi connectivity index (χ4v) is 1.39. The van der Waals surface area contributed by atoms with Gasteiger partial charge in [-0.05, 0) is 12.5 Å². The van der Waals surface area contributed by atoms with Crippen molar-refractivity contribution in [2.75, 3.05) is 6.54 Å². The largest absolute Gasteiger partial charge is 0.348 e. The predicted octanol–water partition coefficient (Wildman–Crippen LogP) is 1.20. The van der Waals surface area contributed by atoms with E-state index in [0.717, 1.165) is 18.2 Å². The Morgan fingerprint density at radius 1 is 1.61 bits per heavy atom. The van der Waals surface area contributed by atoms with Crippen LogP contribution in [0.25, 0.3) is 0 Å². The number of hydrogen-bond donors (Lipinski definition) is 2. The van der Waals surface area contributed by atoms with Crippen LogP contribution < -0.4 is 11.1 Å². The molecule has 3 N–H and O–H groups in total. The van der Waals surface area contributed by atoms with Crippen molar-refractivity contribution in [3.05, 3.63) is 39.7 Å². The third kappa shape index (κ3) is 3.24. The SMILES string of the molecule is CCC(CN)NC(=O)c1ccc([N+](=O)[O-])cc1F. The Labute approximate surface area is 103 Å². The number of carbonyl (C=O) groups excluding carboxylic acids is 1. The highest BCUT2D eigenvalue weighted by Crippen LogP contribution is 2.16. The van der Waals surface area contributed by atoms with Gasteiger partial charge in [-0.2, -0.15) is 0 Å². The molecule has 0 heterocycles. The van der Waals surface area contributed by atoms with E-state index in [-0.39, 0.29) is 18.2 Å². The Hall–Kier alpha value is -2.02. The lowest BCUT2D eigenvalue weighted by atomic mass is 10.1. The molecule has 0 radical (unpaired) electrons. The number of nitrogens with two attached hydrogens (primary N) is 1. The normalized spacial score (nSPS) is 11.9. The molecule has 1 aromatic rings. The van der Waals surface area contributed by atoms with Gasteiger partial charge in [0.05, 0.1) is 16.6 Å². The molecule has 7 heteroatoms. The first-order chi connectivity index (χ1) is 8.49. The van der Waals surface area contributed by atoms with Gasteiger partial charge >= 0.3 is 0 Å². The number of nitrogens with one attached hydrogen (secondary N) is 1. The second-order valence-electron chi connectivity index (χ2n) is 3.74. The van der Waals surface area contributed by atoms with Gasteiger partial charge in [-0.3, -0.25) is 14.9 Å². The molecule has 1 unspecified atom stereocenters.